The van der Waals surface area contributed by atoms with Gasteiger partial charge in [-0.05, 0) is 30.5 Å². The summed E-state index contributed by atoms with van der Waals surface area (Å²) in [4.78, 5) is 24.3. The number of nitrogens with zero attached hydrogens (tertiary/aromatic N) is 2. The molecule has 6 heteroatoms. The topological polar surface area (TPSA) is 72.7 Å². The standard InChI is InChI=1S/C13H16N2O4/c1-3-14-5-4-9-6-11(15(17)18)12(19-2)7-10(9)8-13(14)16/h6-7H,3-5,8H2,1-2H3. The van der Waals surface area contributed by atoms with Crippen LogP contribution in [0.15, 0.2) is 12.1 Å². The highest BCUT2D eigenvalue weighted by atomic mass is 16.6. The van der Waals surface area contributed by atoms with Gasteiger partial charge in [0, 0.05) is 19.2 Å². The highest BCUT2D eigenvalue weighted by Gasteiger charge is 2.24. The number of methoxy groups -OCH3 is 1. The molecule has 0 bridgehead atoms. The molecule has 0 radical (unpaired) electrons. The number of nitro benzene ring substituents is 1. The second-order valence-electron chi connectivity index (χ2n) is 4.45. The SMILES string of the molecule is CCN1CCc2cc([N+](=O)[O-])c(OC)cc2CC1=O. The Morgan fingerprint density at radius 3 is 2.74 bits per heavy atom. The third kappa shape index (κ3) is 2.52. The first-order valence-electron chi connectivity index (χ1n) is 6.18. The quantitative estimate of drug-likeness (QED) is 0.613. The monoisotopic (exact) mass is 264 g/mol. The van der Waals surface area contributed by atoms with Crippen LogP contribution in [0, 0.1) is 10.1 Å². The van der Waals surface area contributed by atoms with Crippen LogP contribution < -0.4 is 4.74 Å². The van der Waals surface area contributed by atoms with Gasteiger partial charge < -0.3 is 9.64 Å². The number of rotatable bonds is 3. The minimum atomic E-state index is -0.455. The first kappa shape index (κ1) is 13.3. The number of likely N-dealkylation sites (N-methyl/N-ethyl adjacent to an activating group) is 1. The van der Waals surface area contributed by atoms with Gasteiger partial charge in [-0.15, -0.1) is 0 Å². The van der Waals surface area contributed by atoms with Crippen molar-refractivity contribution in [1.82, 2.24) is 4.90 Å². The molecule has 1 heterocycles. The molecule has 0 aromatic heterocycles. The summed E-state index contributed by atoms with van der Waals surface area (Å²) in [5.74, 6) is 0.263. The summed E-state index contributed by atoms with van der Waals surface area (Å²) in [5, 5.41) is 11.0. The van der Waals surface area contributed by atoms with E-state index in [1.807, 2.05) is 6.92 Å². The number of hydrogen-bond acceptors (Lipinski definition) is 4. The number of benzene rings is 1. The van der Waals surface area contributed by atoms with E-state index in [0.717, 1.165) is 11.1 Å². The predicted octanol–water partition coefficient (Wildman–Crippen LogP) is 1.55. The lowest BCUT2D eigenvalue weighted by molar-refractivity contribution is -0.385. The Hall–Kier alpha value is -2.11. The number of ether oxygens (including phenoxy) is 1. The second-order valence-corrected chi connectivity index (χ2v) is 4.45. The van der Waals surface area contributed by atoms with E-state index in [1.54, 1.807) is 11.0 Å². The summed E-state index contributed by atoms with van der Waals surface area (Å²) in [6.45, 7) is 3.19. The highest BCUT2D eigenvalue weighted by Crippen LogP contribution is 2.32. The van der Waals surface area contributed by atoms with Crippen LogP contribution >= 0.6 is 0 Å². The molecule has 0 fully saturated rings. The van der Waals surface area contributed by atoms with Crippen LogP contribution in [0.5, 0.6) is 5.75 Å². The Morgan fingerprint density at radius 1 is 1.42 bits per heavy atom. The smallest absolute Gasteiger partial charge is 0.311 e. The van der Waals surface area contributed by atoms with Crippen LogP contribution in [0.25, 0.3) is 0 Å². The molecule has 1 aromatic rings. The average molecular weight is 264 g/mol. The molecule has 0 aliphatic carbocycles. The van der Waals surface area contributed by atoms with Crippen molar-refractivity contribution < 1.29 is 14.5 Å². The van der Waals surface area contributed by atoms with Crippen molar-refractivity contribution in [2.75, 3.05) is 20.2 Å². The van der Waals surface area contributed by atoms with Crippen molar-refractivity contribution in [3.05, 3.63) is 33.4 Å². The molecule has 0 saturated carbocycles. The van der Waals surface area contributed by atoms with E-state index < -0.39 is 4.92 Å². The maximum atomic E-state index is 12.0. The number of nitro groups is 1. The maximum Gasteiger partial charge on any atom is 0.311 e. The van der Waals surface area contributed by atoms with Crippen LogP contribution in [0.2, 0.25) is 0 Å². The first-order valence-corrected chi connectivity index (χ1v) is 6.18. The van der Waals surface area contributed by atoms with Crippen molar-refractivity contribution in [3.8, 4) is 5.75 Å². The lowest BCUT2D eigenvalue weighted by Gasteiger charge is -2.17. The fourth-order valence-electron chi connectivity index (χ4n) is 2.35. The van der Waals surface area contributed by atoms with Crippen LogP contribution in [-0.2, 0) is 17.6 Å². The number of amides is 1. The molecule has 0 atom stereocenters. The van der Waals surface area contributed by atoms with Gasteiger partial charge in [-0.1, -0.05) is 0 Å². The fourth-order valence-corrected chi connectivity index (χ4v) is 2.35. The molecule has 2 rings (SSSR count). The fraction of sp³-hybridized carbons (Fsp3) is 0.462. The molecule has 1 aliphatic heterocycles. The number of hydrogen-bond donors (Lipinski definition) is 0. The Balaban J connectivity index is 2.45. The van der Waals surface area contributed by atoms with E-state index in [2.05, 4.69) is 0 Å². The zero-order valence-corrected chi connectivity index (χ0v) is 11.0. The minimum absolute atomic E-state index is 0.0429. The average Bonchev–Trinajstić information content (AvgIpc) is 2.54. The van der Waals surface area contributed by atoms with Crippen molar-refractivity contribution in [1.29, 1.82) is 0 Å². The Kier molecular flexibility index (Phi) is 3.69. The Morgan fingerprint density at radius 2 is 2.16 bits per heavy atom. The Bertz CT molecular complexity index is 528. The molecule has 0 spiro atoms. The summed E-state index contributed by atoms with van der Waals surface area (Å²) in [5.41, 5.74) is 1.64. The van der Waals surface area contributed by atoms with Gasteiger partial charge in [0.05, 0.1) is 18.5 Å². The molecule has 102 valence electrons. The van der Waals surface area contributed by atoms with Crippen LogP contribution in [0.1, 0.15) is 18.1 Å². The van der Waals surface area contributed by atoms with E-state index in [4.69, 9.17) is 4.74 Å². The van der Waals surface area contributed by atoms with E-state index in [-0.39, 0.29) is 23.8 Å². The van der Waals surface area contributed by atoms with Crippen LogP contribution in [0.3, 0.4) is 0 Å². The zero-order valence-electron chi connectivity index (χ0n) is 11.0. The summed E-state index contributed by atoms with van der Waals surface area (Å²) in [6.07, 6.45) is 0.914. The van der Waals surface area contributed by atoms with E-state index in [9.17, 15) is 14.9 Å². The summed E-state index contributed by atoms with van der Waals surface area (Å²) in [7, 11) is 1.39. The molecule has 0 N–H and O–H groups in total. The molecule has 6 nitrogen and oxygen atoms in total. The van der Waals surface area contributed by atoms with Crippen molar-refractivity contribution in [2.24, 2.45) is 0 Å². The second kappa shape index (κ2) is 5.26. The van der Waals surface area contributed by atoms with E-state index >= 15 is 0 Å². The normalized spacial score (nSPS) is 14.8. The largest absolute Gasteiger partial charge is 0.490 e. The van der Waals surface area contributed by atoms with Crippen LogP contribution in [0.4, 0.5) is 5.69 Å². The van der Waals surface area contributed by atoms with Gasteiger partial charge in [-0.2, -0.15) is 0 Å². The molecule has 19 heavy (non-hydrogen) atoms. The van der Waals surface area contributed by atoms with Gasteiger partial charge >= 0.3 is 5.69 Å². The molecule has 0 unspecified atom stereocenters. The van der Waals surface area contributed by atoms with Crippen molar-refractivity contribution in [2.45, 2.75) is 19.8 Å². The number of carbonyl (C=O) groups excluding carboxylic acids is 1. The molecule has 1 aromatic carbocycles. The lowest BCUT2D eigenvalue weighted by atomic mass is 10.0. The van der Waals surface area contributed by atoms with Crippen molar-refractivity contribution >= 4 is 11.6 Å². The summed E-state index contributed by atoms with van der Waals surface area (Å²) in [6, 6.07) is 3.14. The molecule has 1 amide bonds. The van der Waals surface area contributed by atoms with Crippen LogP contribution in [-0.4, -0.2) is 35.9 Å². The molecular formula is C13H16N2O4. The van der Waals surface area contributed by atoms with E-state index in [1.165, 1.54) is 13.2 Å². The van der Waals surface area contributed by atoms with Gasteiger partial charge in [-0.3, -0.25) is 14.9 Å². The molecular weight excluding hydrogens is 248 g/mol. The molecule has 1 aliphatic rings. The van der Waals surface area contributed by atoms with E-state index in [0.29, 0.717) is 19.5 Å². The predicted molar refractivity (Wildman–Crippen MR) is 69.3 cm³/mol. The third-order valence-corrected chi connectivity index (χ3v) is 3.42. The Labute approximate surface area is 111 Å². The third-order valence-electron chi connectivity index (χ3n) is 3.42. The minimum Gasteiger partial charge on any atom is -0.490 e. The van der Waals surface area contributed by atoms with Gasteiger partial charge in [0.15, 0.2) is 5.75 Å². The van der Waals surface area contributed by atoms with Gasteiger partial charge in [0.2, 0.25) is 5.91 Å². The number of carbonyl (C=O) groups is 1. The molecule has 0 saturated heterocycles. The number of fused-ring (bicyclic) bond motifs is 1. The van der Waals surface area contributed by atoms with Gasteiger partial charge in [-0.25, -0.2) is 0 Å². The van der Waals surface area contributed by atoms with Crippen molar-refractivity contribution in [3.63, 3.8) is 0 Å². The van der Waals surface area contributed by atoms with Gasteiger partial charge in [0.25, 0.3) is 0 Å². The first-order chi connectivity index (χ1) is 9.06. The highest BCUT2D eigenvalue weighted by molar-refractivity contribution is 5.80. The summed E-state index contributed by atoms with van der Waals surface area (Å²) < 4.78 is 5.04. The lowest BCUT2D eigenvalue weighted by Crippen LogP contribution is -2.31. The van der Waals surface area contributed by atoms with Gasteiger partial charge in [0.1, 0.15) is 0 Å². The summed E-state index contributed by atoms with van der Waals surface area (Å²) >= 11 is 0. The zero-order chi connectivity index (χ0) is 14.0. The maximum absolute atomic E-state index is 12.0.